The van der Waals surface area contributed by atoms with Crippen molar-refractivity contribution in [3.05, 3.63) is 42.2 Å². The molecule has 10 heteroatoms. The molecule has 1 N–H and O–H groups in total. The lowest BCUT2D eigenvalue weighted by molar-refractivity contribution is 0.0990. The number of methoxy groups -OCH3 is 1. The van der Waals surface area contributed by atoms with Crippen molar-refractivity contribution < 1.29 is 17.9 Å². The van der Waals surface area contributed by atoms with Gasteiger partial charge in [0.1, 0.15) is 11.8 Å². The van der Waals surface area contributed by atoms with Crippen LogP contribution in [-0.4, -0.2) is 57.6 Å². The third-order valence-electron chi connectivity index (χ3n) is 5.29. The van der Waals surface area contributed by atoms with Gasteiger partial charge < -0.3 is 14.4 Å². The summed E-state index contributed by atoms with van der Waals surface area (Å²) < 4.78 is 36.7. The Morgan fingerprint density at radius 3 is 2.75 bits per heavy atom. The van der Waals surface area contributed by atoms with E-state index in [0.717, 1.165) is 28.4 Å². The molecule has 3 heterocycles. The maximum Gasteiger partial charge on any atom is 0.238 e. The third kappa shape index (κ3) is 4.30. The van der Waals surface area contributed by atoms with Crippen LogP contribution in [0.3, 0.4) is 0 Å². The summed E-state index contributed by atoms with van der Waals surface area (Å²) >= 11 is 0. The van der Waals surface area contributed by atoms with Gasteiger partial charge in [-0.2, -0.15) is 5.26 Å². The zero-order valence-electron chi connectivity index (χ0n) is 18.0. The Labute approximate surface area is 186 Å². The van der Waals surface area contributed by atoms with Crippen LogP contribution in [0.15, 0.2) is 36.7 Å². The average molecular weight is 454 g/mol. The van der Waals surface area contributed by atoms with Crippen molar-refractivity contribution in [2.24, 2.45) is 0 Å². The first-order chi connectivity index (χ1) is 15.3. The number of anilines is 2. The number of hydrogen-bond acceptors (Lipinski definition) is 8. The number of nitriles is 1. The van der Waals surface area contributed by atoms with Crippen LogP contribution in [0.25, 0.3) is 22.0 Å². The van der Waals surface area contributed by atoms with Crippen LogP contribution in [0.2, 0.25) is 0 Å². The highest BCUT2D eigenvalue weighted by Gasteiger charge is 2.24. The van der Waals surface area contributed by atoms with Gasteiger partial charge in [-0.1, -0.05) is 6.07 Å². The quantitative estimate of drug-likeness (QED) is 0.627. The van der Waals surface area contributed by atoms with E-state index in [9.17, 15) is 13.7 Å². The Morgan fingerprint density at radius 2 is 2.06 bits per heavy atom. The van der Waals surface area contributed by atoms with Gasteiger partial charge in [0.05, 0.1) is 43.3 Å². The van der Waals surface area contributed by atoms with Crippen LogP contribution in [0, 0.1) is 11.3 Å². The van der Waals surface area contributed by atoms with E-state index in [-0.39, 0.29) is 17.6 Å². The molecule has 1 saturated heterocycles. The molecule has 0 unspecified atom stereocenters. The molecule has 0 amide bonds. The van der Waals surface area contributed by atoms with E-state index < -0.39 is 10.0 Å². The molecular formula is C22H23N5O4S. The van der Waals surface area contributed by atoms with Crippen molar-refractivity contribution >= 4 is 32.3 Å². The number of nitrogens with zero attached hydrogens (tertiary/aromatic N) is 4. The summed E-state index contributed by atoms with van der Waals surface area (Å²) in [6, 6.07) is 9.77. The number of aromatic nitrogens is 2. The van der Waals surface area contributed by atoms with Crippen molar-refractivity contribution in [2.75, 3.05) is 42.7 Å². The van der Waals surface area contributed by atoms with E-state index in [1.165, 1.54) is 7.11 Å². The molecule has 0 bridgehead atoms. The maximum absolute atomic E-state index is 11.8. The van der Waals surface area contributed by atoms with Gasteiger partial charge in [-0.05, 0) is 30.7 Å². The van der Waals surface area contributed by atoms with Gasteiger partial charge in [0.15, 0.2) is 0 Å². The second-order valence-electron chi connectivity index (χ2n) is 7.64. The highest BCUT2D eigenvalue weighted by atomic mass is 32.2. The second kappa shape index (κ2) is 8.61. The highest BCUT2D eigenvalue weighted by Crippen LogP contribution is 2.36. The molecule has 1 aliphatic heterocycles. The average Bonchev–Trinajstić information content (AvgIpc) is 2.77. The largest absolute Gasteiger partial charge is 0.480 e. The van der Waals surface area contributed by atoms with E-state index in [1.54, 1.807) is 18.5 Å². The summed E-state index contributed by atoms with van der Waals surface area (Å²) in [5, 5.41) is 10.6. The highest BCUT2D eigenvalue weighted by molar-refractivity contribution is 7.92. The summed E-state index contributed by atoms with van der Waals surface area (Å²) in [5.74, 6) is 0.177. The minimum Gasteiger partial charge on any atom is -0.480 e. The summed E-state index contributed by atoms with van der Waals surface area (Å²) in [7, 11) is -2.09. The zero-order valence-corrected chi connectivity index (χ0v) is 18.8. The van der Waals surface area contributed by atoms with Gasteiger partial charge in [0.2, 0.25) is 15.9 Å². The van der Waals surface area contributed by atoms with Crippen molar-refractivity contribution in [3.8, 4) is 23.1 Å². The van der Waals surface area contributed by atoms with Gasteiger partial charge in [-0.15, -0.1) is 0 Å². The van der Waals surface area contributed by atoms with Crippen molar-refractivity contribution in [1.29, 1.82) is 5.26 Å². The van der Waals surface area contributed by atoms with Crippen LogP contribution >= 0.6 is 0 Å². The number of hydrogen-bond donors (Lipinski definition) is 1. The molecule has 32 heavy (non-hydrogen) atoms. The summed E-state index contributed by atoms with van der Waals surface area (Å²) in [6.07, 6.45) is 4.29. The minimum absolute atomic E-state index is 0.110. The van der Waals surface area contributed by atoms with Crippen molar-refractivity contribution in [3.63, 3.8) is 0 Å². The summed E-state index contributed by atoms with van der Waals surface area (Å²) in [5.41, 5.74) is 3.84. The van der Waals surface area contributed by atoms with Crippen LogP contribution in [0.5, 0.6) is 5.88 Å². The number of pyridine rings is 2. The lowest BCUT2D eigenvalue weighted by Crippen LogP contribution is -2.44. The first-order valence-electron chi connectivity index (χ1n) is 10.00. The van der Waals surface area contributed by atoms with E-state index in [2.05, 4.69) is 32.6 Å². The maximum atomic E-state index is 11.8. The van der Waals surface area contributed by atoms with Gasteiger partial charge in [-0.25, -0.2) is 13.4 Å². The van der Waals surface area contributed by atoms with Crippen molar-refractivity contribution in [2.45, 2.75) is 13.0 Å². The molecule has 1 atom stereocenters. The minimum atomic E-state index is -3.51. The van der Waals surface area contributed by atoms with E-state index in [4.69, 9.17) is 9.47 Å². The Balaban J connectivity index is 1.88. The van der Waals surface area contributed by atoms with Crippen LogP contribution in [0.1, 0.15) is 12.5 Å². The van der Waals surface area contributed by atoms with Crippen molar-refractivity contribution in [1.82, 2.24) is 9.97 Å². The fourth-order valence-corrected chi connectivity index (χ4v) is 4.40. The van der Waals surface area contributed by atoms with E-state index in [1.807, 2.05) is 18.2 Å². The molecule has 0 spiro atoms. The molecular weight excluding hydrogens is 430 g/mol. The third-order valence-corrected chi connectivity index (χ3v) is 5.88. The van der Waals surface area contributed by atoms with Crippen LogP contribution in [-0.2, 0) is 14.8 Å². The molecule has 3 aromatic rings. The molecule has 9 nitrogen and oxygen atoms in total. The first kappa shape index (κ1) is 21.8. The predicted molar refractivity (Wildman–Crippen MR) is 122 cm³/mol. The number of benzene rings is 1. The zero-order chi connectivity index (χ0) is 22.9. The lowest BCUT2D eigenvalue weighted by Gasteiger charge is -2.36. The number of nitrogens with one attached hydrogen (secondary N) is 1. The normalized spacial score (nSPS) is 16.6. The Hall–Kier alpha value is -3.42. The van der Waals surface area contributed by atoms with E-state index >= 15 is 0 Å². The summed E-state index contributed by atoms with van der Waals surface area (Å²) in [6.45, 7) is 3.90. The molecule has 1 fully saturated rings. The Bertz CT molecular complexity index is 1320. The number of fused-ring (bicyclic) bond motifs is 1. The number of morpholine rings is 1. The standard InChI is InChI=1S/C22H23N5O4S/c1-14-13-31-7-6-27(14)21-17(10-23)12-24-19-5-4-15(8-18(19)21)16-9-20(26-32(3,28)29)22(30-2)25-11-16/h4-5,8-9,11-12,14,26H,6-7,13H2,1-3H3/t14-/m1/s1. The number of ether oxygens (including phenoxy) is 2. The van der Waals surface area contributed by atoms with Gasteiger partial charge >= 0.3 is 0 Å². The molecule has 0 aliphatic carbocycles. The Morgan fingerprint density at radius 1 is 1.25 bits per heavy atom. The number of sulfonamides is 1. The fraction of sp³-hybridized carbons (Fsp3) is 0.318. The van der Waals surface area contributed by atoms with Gasteiger partial charge in [0.25, 0.3) is 0 Å². The molecule has 4 rings (SSSR count). The van der Waals surface area contributed by atoms with Gasteiger partial charge in [0, 0.05) is 35.9 Å². The SMILES string of the molecule is COc1ncc(-c2ccc3ncc(C#N)c(N4CCOC[C@H]4C)c3c2)cc1NS(C)(=O)=O. The van der Waals surface area contributed by atoms with Crippen LogP contribution < -0.4 is 14.4 Å². The molecule has 2 aromatic heterocycles. The lowest BCUT2D eigenvalue weighted by atomic mass is 10.0. The van der Waals surface area contributed by atoms with Gasteiger partial charge in [-0.3, -0.25) is 9.71 Å². The van der Waals surface area contributed by atoms with Crippen LogP contribution in [0.4, 0.5) is 11.4 Å². The smallest absolute Gasteiger partial charge is 0.238 e. The first-order valence-corrected chi connectivity index (χ1v) is 11.9. The number of rotatable bonds is 5. The Kier molecular flexibility index (Phi) is 5.86. The second-order valence-corrected chi connectivity index (χ2v) is 9.39. The molecule has 0 radical (unpaired) electrons. The topological polar surface area (TPSA) is 117 Å². The predicted octanol–water partition coefficient (Wildman–Crippen LogP) is 2.77. The summed E-state index contributed by atoms with van der Waals surface area (Å²) in [4.78, 5) is 10.9. The molecule has 1 aromatic carbocycles. The molecule has 166 valence electrons. The fourth-order valence-electron chi connectivity index (χ4n) is 3.85. The monoisotopic (exact) mass is 453 g/mol. The molecule has 1 aliphatic rings. The molecule has 0 saturated carbocycles. The van der Waals surface area contributed by atoms with E-state index in [0.29, 0.717) is 30.9 Å².